The van der Waals surface area contributed by atoms with E-state index in [-0.39, 0.29) is 11.9 Å². The highest BCUT2D eigenvalue weighted by Gasteiger charge is 2.28. The van der Waals surface area contributed by atoms with Gasteiger partial charge < -0.3 is 10.6 Å². The minimum Gasteiger partial charge on any atom is -0.351 e. The molecule has 0 aliphatic carbocycles. The molecule has 2 unspecified atom stereocenters. The summed E-state index contributed by atoms with van der Waals surface area (Å²) in [7, 11) is 0. The molecule has 1 amide bonds. The van der Waals surface area contributed by atoms with Gasteiger partial charge >= 0.3 is 0 Å². The molecule has 3 nitrogen and oxygen atoms in total. The molecule has 1 aromatic rings. The molecule has 1 saturated heterocycles. The fourth-order valence-corrected chi connectivity index (χ4v) is 2.29. The Morgan fingerprint density at radius 1 is 1.47 bits per heavy atom. The molecule has 0 bridgehead atoms. The van der Waals surface area contributed by atoms with Crippen LogP contribution in [0.2, 0.25) is 0 Å². The van der Waals surface area contributed by atoms with Gasteiger partial charge in [0.2, 0.25) is 5.91 Å². The fraction of sp³-hybridized carbons (Fsp3) is 0.500. The predicted octanol–water partition coefficient (Wildman–Crippen LogP) is 1.61. The van der Waals surface area contributed by atoms with Crippen molar-refractivity contribution in [1.29, 1.82) is 0 Å². The van der Waals surface area contributed by atoms with E-state index in [1.54, 1.807) is 0 Å². The molecule has 2 atom stereocenters. The number of aryl methyl sites for hydroxylation is 1. The van der Waals surface area contributed by atoms with E-state index in [1.807, 2.05) is 12.1 Å². The van der Waals surface area contributed by atoms with E-state index in [0.29, 0.717) is 12.5 Å². The van der Waals surface area contributed by atoms with Gasteiger partial charge in [0.1, 0.15) is 0 Å². The largest absolute Gasteiger partial charge is 0.351 e. The van der Waals surface area contributed by atoms with Crippen molar-refractivity contribution in [2.75, 3.05) is 6.54 Å². The monoisotopic (exact) mass is 232 g/mol. The third-order valence-electron chi connectivity index (χ3n) is 3.53. The van der Waals surface area contributed by atoms with Crippen molar-refractivity contribution < 1.29 is 4.79 Å². The normalized spacial score (nSPS) is 23.6. The first-order valence-corrected chi connectivity index (χ1v) is 6.24. The second-order valence-corrected chi connectivity index (χ2v) is 4.84. The highest BCUT2D eigenvalue weighted by atomic mass is 16.2. The number of nitrogens with one attached hydrogen (secondary N) is 2. The average molecular weight is 232 g/mol. The van der Waals surface area contributed by atoms with Crippen molar-refractivity contribution >= 4 is 5.91 Å². The second kappa shape index (κ2) is 5.32. The van der Waals surface area contributed by atoms with Crippen LogP contribution in [-0.4, -0.2) is 18.5 Å². The molecule has 1 aliphatic rings. The zero-order valence-electron chi connectivity index (χ0n) is 10.5. The van der Waals surface area contributed by atoms with Gasteiger partial charge in [-0.3, -0.25) is 4.79 Å². The van der Waals surface area contributed by atoms with Gasteiger partial charge in [0.15, 0.2) is 0 Å². The van der Waals surface area contributed by atoms with E-state index >= 15 is 0 Å². The van der Waals surface area contributed by atoms with Crippen LogP contribution >= 0.6 is 0 Å². The molecule has 2 rings (SSSR count). The Kier molecular flexibility index (Phi) is 3.79. The lowest BCUT2D eigenvalue weighted by atomic mass is 10.0. The molecular formula is C14H20N2O. The van der Waals surface area contributed by atoms with Gasteiger partial charge in [0.05, 0.1) is 6.04 Å². The van der Waals surface area contributed by atoms with Crippen molar-refractivity contribution in [3.05, 3.63) is 35.4 Å². The Morgan fingerprint density at radius 2 is 2.24 bits per heavy atom. The Labute approximate surface area is 103 Å². The Balaban J connectivity index is 1.90. The van der Waals surface area contributed by atoms with E-state index in [0.717, 1.165) is 13.0 Å². The smallest absolute Gasteiger partial charge is 0.237 e. The van der Waals surface area contributed by atoms with Crippen LogP contribution in [0.15, 0.2) is 24.3 Å². The summed E-state index contributed by atoms with van der Waals surface area (Å²) in [6.07, 6.45) is 1.09. The molecule has 1 heterocycles. The van der Waals surface area contributed by atoms with E-state index in [9.17, 15) is 4.79 Å². The van der Waals surface area contributed by atoms with Gasteiger partial charge in [-0.15, -0.1) is 0 Å². The first-order valence-electron chi connectivity index (χ1n) is 6.24. The molecule has 1 aromatic carbocycles. The van der Waals surface area contributed by atoms with Gasteiger partial charge in [-0.25, -0.2) is 0 Å². The average Bonchev–Trinajstić information content (AvgIpc) is 2.74. The molecule has 2 N–H and O–H groups in total. The maximum Gasteiger partial charge on any atom is 0.237 e. The summed E-state index contributed by atoms with van der Waals surface area (Å²) in [5.41, 5.74) is 2.41. The van der Waals surface area contributed by atoms with Crippen molar-refractivity contribution in [3.63, 3.8) is 0 Å². The SMILES string of the molecule is Cc1ccccc1CNC(=O)C1NCCC1C. The van der Waals surface area contributed by atoms with E-state index in [2.05, 4.69) is 36.6 Å². The molecule has 0 aromatic heterocycles. The molecule has 0 saturated carbocycles. The first-order chi connectivity index (χ1) is 8.18. The number of hydrogen-bond acceptors (Lipinski definition) is 2. The molecular weight excluding hydrogens is 212 g/mol. The van der Waals surface area contributed by atoms with Crippen LogP contribution in [0.3, 0.4) is 0 Å². The maximum atomic E-state index is 12.0. The highest BCUT2D eigenvalue weighted by molar-refractivity contribution is 5.82. The van der Waals surface area contributed by atoms with Gasteiger partial charge in [-0.1, -0.05) is 31.2 Å². The van der Waals surface area contributed by atoms with Gasteiger partial charge in [-0.05, 0) is 36.9 Å². The minimum absolute atomic E-state index is 0.0148. The van der Waals surface area contributed by atoms with Gasteiger partial charge in [-0.2, -0.15) is 0 Å². The Morgan fingerprint density at radius 3 is 2.88 bits per heavy atom. The molecule has 1 aliphatic heterocycles. The number of carbonyl (C=O) groups excluding carboxylic acids is 1. The van der Waals surface area contributed by atoms with E-state index < -0.39 is 0 Å². The van der Waals surface area contributed by atoms with Crippen LogP contribution in [0.5, 0.6) is 0 Å². The zero-order valence-corrected chi connectivity index (χ0v) is 10.5. The number of rotatable bonds is 3. The lowest BCUT2D eigenvalue weighted by Crippen LogP contribution is -2.42. The molecule has 0 spiro atoms. The summed E-state index contributed by atoms with van der Waals surface area (Å²) in [5, 5.41) is 6.26. The Bertz CT molecular complexity index is 403. The number of amides is 1. The molecule has 1 fully saturated rings. The highest BCUT2D eigenvalue weighted by Crippen LogP contribution is 2.14. The quantitative estimate of drug-likeness (QED) is 0.831. The van der Waals surface area contributed by atoms with Crippen LogP contribution in [-0.2, 0) is 11.3 Å². The third-order valence-corrected chi connectivity index (χ3v) is 3.53. The third kappa shape index (κ3) is 2.86. The molecule has 3 heteroatoms. The molecule has 17 heavy (non-hydrogen) atoms. The van der Waals surface area contributed by atoms with E-state index in [4.69, 9.17) is 0 Å². The predicted molar refractivity (Wildman–Crippen MR) is 68.6 cm³/mol. The molecule has 92 valence electrons. The van der Waals surface area contributed by atoms with Crippen molar-refractivity contribution in [1.82, 2.24) is 10.6 Å². The summed E-state index contributed by atoms with van der Waals surface area (Å²) in [4.78, 5) is 12.0. The standard InChI is InChI=1S/C14H20N2O/c1-10-5-3-4-6-12(10)9-16-14(17)13-11(2)7-8-15-13/h3-6,11,13,15H,7-9H2,1-2H3,(H,16,17). The minimum atomic E-state index is -0.0148. The summed E-state index contributed by atoms with van der Waals surface area (Å²) >= 11 is 0. The lowest BCUT2D eigenvalue weighted by Gasteiger charge is -2.16. The van der Waals surface area contributed by atoms with Gasteiger partial charge in [0.25, 0.3) is 0 Å². The number of hydrogen-bond donors (Lipinski definition) is 2. The van der Waals surface area contributed by atoms with Crippen LogP contribution in [0.4, 0.5) is 0 Å². The fourth-order valence-electron chi connectivity index (χ4n) is 2.29. The first kappa shape index (κ1) is 12.1. The lowest BCUT2D eigenvalue weighted by molar-refractivity contribution is -0.123. The van der Waals surface area contributed by atoms with Crippen LogP contribution in [0.1, 0.15) is 24.5 Å². The number of benzene rings is 1. The van der Waals surface area contributed by atoms with Crippen LogP contribution in [0.25, 0.3) is 0 Å². The van der Waals surface area contributed by atoms with Crippen molar-refractivity contribution in [3.8, 4) is 0 Å². The van der Waals surface area contributed by atoms with Crippen LogP contribution < -0.4 is 10.6 Å². The topological polar surface area (TPSA) is 41.1 Å². The summed E-state index contributed by atoms with van der Waals surface area (Å²) < 4.78 is 0. The number of carbonyl (C=O) groups is 1. The van der Waals surface area contributed by atoms with Gasteiger partial charge in [0, 0.05) is 6.54 Å². The maximum absolute atomic E-state index is 12.0. The zero-order chi connectivity index (χ0) is 12.3. The summed E-state index contributed by atoms with van der Waals surface area (Å²) in [5.74, 6) is 0.560. The van der Waals surface area contributed by atoms with Crippen LogP contribution in [0, 0.1) is 12.8 Å². The van der Waals surface area contributed by atoms with E-state index in [1.165, 1.54) is 11.1 Å². The van der Waals surface area contributed by atoms with Crippen molar-refractivity contribution in [2.24, 2.45) is 5.92 Å². The molecule has 0 radical (unpaired) electrons. The summed E-state index contributed by atoms with van der Waals surface area (Å²) in [6.45, 7) is 5.76. The van der Waals surface area contributed by atoms with Crippen molar-refractivity contribution in [2.45, 2.75) is 32.9 Å². The summed E-state index contributed by atoms with van der Waals surface area (Å²) in [6, 6.07) is 8.13. The second-order valence-electron chi connectivity index (χ2n) is 4.84. The Hall–Kier alpha value is -1.35.